The number of carbonyl (C=O) groups excluding carboxylic acids is 1. The molecule has 41 heavy (non-hydrogen) atoms. The molecule has 3 heterocycles. The molecule has 2 aromatic carbocycles. The van der Waals surface area contributed by atoms with Crippen molar-refractivity contribution in [1.82, 2.24) is 24.3 Å². The van der Waals surface area contributed by atoms with Crippen LogP contribution in [-0.4, -0.2) is 56.5 Å². The van der Waals surface area contributed by atoms with Crippen molar-refractivity contribution in [3.05, 3.63) is 111 Å². The standard InChI is InChI=1S/C31H28BrN7O.CH4/c1-21-34-10-11-39(21)20-24-16-23-4-2-3-5-27(23)30(29-28(24)17-25(32)19-35-29)37-12-14-38(15-13-37)31(40)36-26-8-6-22(18-33)7-9-26;/h2-11,16-17,19,30H,12-15,20H2,1H3,(H,36,40);1H4. The molecule has 4 aromatic rings. The van der Waals surface area contributed by atoms with Crippen molar-refractivity contribution in [2.75, 3.05) is 31.5 Å². The van der Waals surface area contributed by atoms with Gasteiger partial charge in [-0.05, 0) is 76.0 Å². The number of nitrogens with one attached hydrogen (secondary N) is 1. The van der Waals surface area contributed by atoms with E-state index in [4.69, 9.17) is 10.2 Å². The van der Waals surface area contributed by atoms with E-state index in [0.717, 1.165) is 21.6 Å². The normalized spacial score (nSPS) is 16.4. The molecule has 208 valence electrons. The molecule has 1 atom stereocenters. The van der Waals surface area contributed by atoms with Gasteiger partial charge in [-0.1, -0.05) is 31.7 Å². The highest BCUT2D eigenvalue weighted by Crippen LogP contribution is 2.40. The molecule has 2 amide bonds. The van der Waals surface area contributed by atoms with Gasteiger partial charge in [-0.2, -0.15) is 5.26 Å². The number of urea groups is 1. The number of amides is 2. The molecule has 0 saturated carbocycles. The van der Waals surface area contributed by atoms with Gasteiger partial charge < -0.3 is 14.8 Å². The van der Waals surface area contributed by atoms with E-state index in [1.165, 1.54) is 16.7 Å². The molecule has 1 saturated heterocycles. The summed E-state index contributed by atoms with van der Waals surface area (Å²) in [6.45, 7) is 5.34. The highest BCUT2D eigenvalue weighted by atomic mass is 79.9. The summed E-state index contributed by atoms with van der Waals surface area (Å²) < 4.78 is 3.10. The lowest BCUT2D eigenvalue weighted by Crippen LogP contribution is -2.51. The van der Waals surface area contributed by atoms with Crippen molar-refractivity contribution in [3.63, 3.8) is 0 Å². The number of halogens is 1. The first-order valence-corrected chi connectivity index (χ1v) is 14.0. The largest absolute Gasteiger partial charge is 0.331 e. The first-order chi connectivity index (χ1) is 19.5. The van der Waals surface area contributed by atoms with Crippen LogP contribution in [0.1, 0.15) is 47.2 Å². The van der Waals surface area contributed by atoms with Crippen LogP contribution >= 0.6 is 15.9 Å². The van der Waals surface area contributed by atoms with Gasteiger partial charge in [0.1, 0.15) is 5.82 Å². The van der Waals surface area contributed by atoms with Crippen LogP contribution in [0.2, 0.25) is 0 Å². The fraction of sp³-hybridized carbons (Fsp3) is 0.250. The second kappa shape index (κ2) is 12.1. The van der Waals surface area contributed by atoms with Gasteiger partial charge >= 0.3 is 6.03 Å². The van der Waals surface area contributed by atoms with Gasteiger partial charge in [0, 0.05) is 67.0 Å². The number of hydrogen-bond donors (Lipinski definition) is 1. The average Bonchev–Trinajstić information content (AvgIpc) is 3.33. The summed E-state index contributed by atoms with van der Waals surface area (Å²) in [5.74, 6) is 0.967. The highest BCUT2D eigenvalue weighted by molar-refractivity contribution is 9.10. The van der Waals surface area contributed by atoms with Crippen molar-refractivity contribution in [2.24, 2.45) is 0 Å². The second-order valence-corrected chi connectivity index (χ2v) is 10.9. The van der Waals surface area contributed by atoms with Gasteiger partial charge in [0.05, 0.1) is 23.4 Å². The maximum absolute atomic E-state index is 13.0. The van der Waals surface area contributed by atoms with E-state index < -0.39 is 0 Å². The van der Waals surface area contributed by atoms with Crippen LogP contribution in [0.15, 0.2) is 77.7 Å². The number of pyridine rings is 1. The summed E-state index contributed by atoms with van der Waals surface area (Å²) in [5, 5.41) is 12.0. The zero-order valence-electron chi connectivity index (χ0n) is 22.1. The molecular formula is C32H32BrN7O. The Kier molecular flexibility index (Phi) is 8.34. The van der Waals surface area contributed by atoms with Gasteiger partial charge in [-0.15, -0.1) is 0 Å². The molecule has 1 aliphatic carbocycles. The minimum atomic E-state index is -0.132. The van der Waals surface area contributed by atoms with Gasteiger partial charge in [0.25, 0.3) is 0 Å². The number of hydrogen-bond acceptors (Lipinski definition) is 5. The van der Waals surface area contributed by atoms with E-state index in [0.29, 0.717) is 44.0 Å². The summed E-state index contributed by atoms with van der Waals surface area (Å²) in [6, 6.07) is 19.5. The topological polar surface area (TPSA) is 90.1 Å². The van der Waals surface area contributed by atoms with Crippen molar-refractivity contribution in [1.29, 1.82) is 5.26 Å². The lowest BCUT2D eigenvalue weighted by atomic mass is 9.95. The Bertz CT molecular complexity index is 1630. The maximum atomic E-state index is 13.0. The number of anilines is 1. The number of aryl methyl sites for hydroxylation is 1. The molecule has 0 spiro atoms. The van der Waals surface area contributed by atoms with Crippen LogP contribution in [-0.2, 0) is 6.54 Å². The van der Waals surface area contributed by atoms with Crippen LogP contribution in [0, 0.1) is 18.3 Å². The number of carbonyl (C=O) groups is 1. The molecule has 6 rings (SSSR count). The molecule has 2 aromatic heterocycles. The van der Waals surface area contributed by atoms with Crippen LogP contribution in [0.5, 0.6) is 0 Å². The number of allylic oxidation sites excluding steroid dienone is 1. The quantitative estimate of drug-likeness (QED) is 0.291. The molecular weight excluding hydrogens is 578 g/mol. The average molecular weight is 611 g/mol. The lowest BCUT2D eigenvalue weighted by Gasteiger charge is -2.39. The number of piperazine rings is 1. The SMILES string of the molecule is C.Cc1nccn1CC1=Cc2ccccc2C(N2CCN(C(=O)Nc3ccc(C#N)cc3)CC2)c2ncc(Br)cc21. The van der Waals surface area contributed by atoms with Gasteiger partial charge in [-0.3, -0.25) is 9.88 Å². The Morgan fingerprint density at radius 2 is 1.85 bits per heavy atom. The van der Waals surface area contributed by atoms with E-state index in [1.807, 2.05) is 30.4 Å². The number of nitriles is 1. The predicted molar refractivity (Wildman–Crippen MR) is 165 cm³/mol. The summed E-state index contributed by atoms with van der Waals surface area (Å²) >= 11 is 3.66. The number of fused-ring (bicyclic) bond motifs is 2. The van der Waals surface area contributed by atoms with E-state index in [1.54, 1.807) is 24.3 Å². The Hall–Kier alpha value is -4.26. The predicted octanol–water partition coefficient (Wildman–Crippen LogP) is 6.35. The van der Waals surface area contributed by atoms with Crippen LogP contribution in [0.4, 0.5) is 10.5 Å². The molecule has 1 unspecified atom stereocenters. The zero-order chi connectivity index (χ0) is 27.6. The molecule has 1 fully saturated rings. The fourth-order valence-corrected chi connectivity index (χ4v) is 5.83. The third-order valence-electron chi connectivity index (χ3n) is 7.61. The lowest BCUT2D eigenvalue weighted by molar-refractivity contribution is 0.125. The molecule has 9 heteroatoms. The van der Waals surface area contributed by atoms with Gasteiger partial charge in [-0.25, -0.2) is 9.78 Å². The van der Waals surface area contributed by atoms with Crippen molar-refractivity contribution >= 4 is 39.3 Å². The summed E-state index contributed by atoms with van der Waals surface area (Å²) in [5.41, 5.74) is 6.95. The Morgan fingerprint density at radius 1 is 1.10 bits per heavy atom. The molecule has 0 bridgehead atoms. The number of nitrogens with zero attached hydrogens (tertiary/aromatic N) is 6. The van der Waals surface area contributed by atoms with Crippen LogP contribution in [0.25, 0.3) is 11.6 Å². The van der Waals surface area contributed by atoms with Crippen molar-refractivity contribution < 1.29 is 4.79 Å². The molecule has 1 N–H and O–H groups in total. The first-order valence-electron chi connectivity index (χ1n) is 13.2. The highest BCUT2D eigenvalue weighted by Gasteiger charge is 2.33. The Labute approximate surface area is 249 Å². The van der Waals surface area contributed by atoms with Crippen molar-refractivity contribution in [3.8, 4) is 6.07 Å². The smallest absolute Gasteiger partial charge is 0.321 e. The number of rotatable bonds is 4. The number of imidazole rings is 1. The third-order valence-corrected chi connectivity index (χ3v) is 8.04. The molecule has 8 nitrogen and oxygen atoms in total. The first kappa shape index (κ1) is 28.3. The number of aromatic nitrogens is 3. The molecule has 0 radical (unpaired) electrons. The zero-order valence-corrected chi connectivity index (χ0v) is 23.7. The molecule has 1 aliphatic heterocycles. The maximum Gasteiger partial charge on any atom is 0.321 e. The van der Waals surface area contributed by atoms with E-state index in [2.05, 4.69) is 78.2 Å². The second-order valence-electron chi connectivity index (χ2n) is 10.0. The van der Waals surface area contributed by atoms with Gasteiger partial charge in [0.15, 0.2) is 0 Å². The summed E-state index contributed by atoms with van der Waals surface area (Å²) in [6.07, 6.45) is 8.00. The monoisotopic (exact) mass is 609 g/mol. The minimum absolute atomic E-state index is 0. The van der Waals surface area contributed by atoms with Crippen molar-refractivity contribution in [2.45, 2.75) is 26.9 Å². The van der Waals surface area contributed by atoms with Crippen LogP contribution in [0.3, 0.4) is 0 Å². The summed E-state index contributed by atoms with van der Waals surface area (Å²) in [4.78, 5) is 26.7. The van der Waals surface area contributed by atoms with E-state index >= 15 is 0 Å². The fourth-order valence-electron chi connectivity index (χ4n) is 5.50. The minimum Gasteiger partial charge on any atom is -0.331 e. The van der Waals surface area contributed by atoms with E-state index in [9.17, 15) is 4.79 Å². The van der Waals surface area contributed by atoms with E-state index in [-0.39, 0.29) is 19.5 Å². The number of benzene rings is 2. The van der Waals surface area contributed by atoms with Crippen LogP contribution < -0.4 is 5.32 Å². The van der Waals surface area contributed by atoms with Gasteiger partial charge in [0.2, 0.25) is 0 Å². The summed E-state index contributed by atoms with van der Waals surface area (Å²) in [7, 11) is 0. The third kappa shape index (κ3) is 5.80. The Morgan fingerprint density at radius 3 is 2.56 bits per heavy atom. The molecule has 2 aliphatic rings. The Balaban J connectivity index is 0.00000337.